The molecule has 0 aliphatic heterocycles. The maximum absolute atomic E-state index is 11.8. The number of aliphatic carboxylic acids is 1. The lowest BCUT2D eigenvalue weighted by molar-refractivity contribution is -0.136. The Labute approximate surface area is 226 Å². The highest BCUT2D eigenvalue weighted by molar-refractivity contribution is 7.92. The van der Waals surface area contributed by atoms with Gasteiger partial charge in [-0.25, -0.2) is 8.42 Å². The Balaban J connectivity index is 1.53. The van der Waals surface area contributed by atoms with E-state index in [-0.39, 0.29) is 13.0 Å². The molecule has 0 aliphatic carbocycles. The van der Waals surface area contributed by atoms with Crippen molar-refractivity contribution in [2.75, 3.05) is 42.2 Å². The van der Waals surface area contributed by atoms with Crippen LogP contribution in [-0.2, 0) is 21.2 Å². The van der Waals surface area contributed by atoms with E-state index in [0.717, 1.165) is 32.3 Å². The molecule has 38 heavy (non-hydrogen) atoms. The van der Waals surface area contributed by atoms with Crippen molar-refractivity contribution >= 4 is 48.8 Å². The molecule has 8 nitrogen and oxygen atoms in total. The minimum absolute atomic E-state index is 0.0558. The van der Waals surface area contributed by atoms with Crippen LogP contribution in [0.1, 0.15) is 12.0 Å². The first-order chi connectivity index (χ1) is 18.2. The number of nitrogens with one attached hydrogen (secondary N) is 1. The number of hydrogen-bond acceptors (Lipinski definition) is 7. The molecule has 1 aromatic heterocycles. The maximum atomic E-state index is 11.8. The van der Waals surface area contributed by atoms with Crippen LogP contribution >= 0.6 is 11.3 Å². The highest BCUT2D eigenvalue weighted by Gasteiger charge is 2.17. The minimum Gasteiger partial charge on any atom is -0.492 e. The first-order valence-corrected chi connectivity index (χ1v) is 14.8. The Morgan fingerprint density at radius 1 is 1.03 bits per heavy atom. The van der Waals surface area contributed by atoms with Gasteiger partial charge in [0.15, 0.2) is 0 Å². The summed E-state index contributed by atoms with van der Waals surface area (Å²) in [5.41, 5.74) is 3.16. The summed E-state index contributed by atoms with van der Waals surface area (Å²) in [4.78, 5) is 14.2. The van der Waals surface area contributed by atoms with Crippen molar-refractivity contribution in [2.24, 2.45) is 0 Å². The van der Waals surface area contributed by atoms with E-state index in [0.29, 0.717) is 43.2 Å². The zero-order valence-corrected chi connectivity index (χ0v) is 22.6. The zero-order valence-electron chi connectivity index (χ0n) is 21.0. The van der Waals surface area contributed by atoms with E-state index >= 15 is 0 Å². The summed E-state index contributed by atoms with van der Waals surface area (Å²) in [5, 5.41) is 19.9. The van der Waals surface area contributed by atoms with Crippen LogP contribution in [0.25, 0.3) is 20.5 Å². The van der Waals surface area contributed by atoms with Crippen LogP contribution in [0.4, 0.5) is 11.4 Å². The van der Waals surface area contributed by atoms with Crippen LogP contribution in [0.5, 0.6) is 5.75 Å². The van der Waals surface area contributed by atoms with Gasteiger partial charge >= 0.3 is 5.97 Å². The van der Waals surface area contributed by atoms with Crippen LogP contribution in [0, 0.1) is 0 Å². The molecule has 3 N–H and O–H groups in total. The van der Waals surface area contributed by atoms with Crippen molar-refractivity contribution in [3.8, 4) is 16.2 Å². The summed E-state index contributed by atoms with van der Waals surface area (Å²) in [6, 6.07) is 22.8. The Bertz CT molecular complexity index is 1500. The molecule has 4 rings (SSSR count). The largest absolute Gasteiger partial charge is 0.492 e. The van der Waals surface area contributed by atoms with Crippen molar-refractivity contribution < 1.29 is 28.2 Å². The van der Waals surface area contributed by atoms with E-state index in [1.54, 1.807) is 29.5 Å². The number of carboxylic acids is 1. The average Bonchev–Trinajstić information content (AvgIpc) is 3.25. The van der Waals surface area contributed by atoms with Crippen molar-refractivity contribution in [2.45, 2.75) is 12.8 Å². The standard InChI is InChI=1S/C28H30N2O6S2/c1-38(34,35)29-24-9-5-6-10-25(24)30(15-17-31)16-18-36-21-11-12-22-23(13-14-27(32)33)28(37-26(22)19-21)20-7-3-2-4-8-20/h2-12,19,29,31H,13-18H2,1H3,(H,32,33). The van der Waals surface area contributed by atoms with Gasteiger partial charge in [-0.05, 0) is 53.3 Å². The number of nitrogens with zero attached hydrogens (tertiary/aromatic N) is 1. The third-order valence-corrected chi connectivity index (χ3v) is 7.76. The minimum atomic E-state index is -3.47. The number of benzene rings is 3. The normalized spacial score (nSPS) is 11.4. The molecule has 0 spiro atoms. The first kappa shape index (κ1) is 27.4. The second-order valence-corrected chi connectivity index (χ2v) is 11.6. The third kappa shape index (κ3) is 7.03. The molecular weight excluding hydrogens is 524 g/mol. The van der Waals surface area contributed by atoms with E-state index in [2.05, 4.69) is 4.72 Å². The van der Waals surface area contributed by atoms with E-state index in [1.807, 2.05) is 59.5 Å². The van der Waals surface area contributed by atoms with Gasteiger partial charge in [0.25, 0.3) is 0 Å². The Hall–Kier alpha value is -3.60. The Morgan fingerprint density at radius 3 is 2.47 bits per heavy atom. The lowest BCUT2D eigenvalue weighted by atomic mass is 10.0. The van der Waals surface area contributed by atoms with Gasteiger partial charge < -0.3 is 19.8 Å². The summed E-state index contributed by atoms with van der Waals surface area (Å²) in [7, 11) is -3.47. The zero-order chi connectivity index (χ0) is 27.1. The lowest BCUT2D eigenvalue weighted by Crippen LogP contribution is -2.32. The molecule has 0 aliphatic rings. The highest BCUT2D eigenvalue weighted by atomic mass is 32.2. The summed E-state index contributed by atoms with van der Waals surface area (Å²) >= 11 is 1.61. The van der Waals surface area contributed by atoms with Crippen molar-refractivity contribution in [3.05, 3.63) is 78.4 Å². The topological polar surface area (TPSA) is 116 Å². The molecule has 200 valence electrons. The van der Waals surface area contributed by atoms with Crippen LogP contribution in [0.3, 0.4) is 0 Å². The maximum Gasteiger partial charge on any atom is 0.303 e. The van der Waals surface area contributed by atoms with Crippen molar-refractivity contribution in [1.29, 1.82) is 0 Å². The van der Waals surface area contributed by atoms with Crippen LogP contribution in [-0.4, -0.2) is 57.2 Å². The van der Waals surface area contributed by atoms with Crippen molar-refractivity contribution in [3.63, 3.8) is 0 Å². The first-order valence-electron chi connectivity index (χ1n) is 12.1. The molecule has 0 unspecified atom stereocenters. The number of carboxylic acid groups (broad SMARTS) is 1. The average molecular weight is 555 g/mol. The lowest BCUT2D eigenvalue weighted by Gasteiger charge is -2.26. The highest BCUT2D eigenvalue weighted by Crippen LogP contribution is 2.40. The predicted molar refractivity (Wildman–Crippen MR) is 153 cm³/mol. The number of sulfonamides is 1. The molecule has 1 heterocycles. The Morgan fingerprint density at radius 2 is 1.76 bits per heavy atom. The summed E-state index contributed by atoms with van der Waals surface area (Å²) in [6.07, 6.45) is 1.59. The molecule has 3 aromatic carbocycles. The van der Waals surface area contributed by atoms with E-state index in [4.69, 9.17) is 4.74 Å². The number of rotatable bonds is 13. The fraction of sp³-hybridized carbons (Fsp3) is 0.250. The van der Waals surface area contributed by atoms with Crippen molar-refractivity contribution in [1.82, 2.24) is 0 Å². The van der Waals surface area contributed by atoms with Gasteiger partial charge in [0.05, 0.1) is 30.8 Å². The van der Waals surface area contributed by atoms with Gasteiger partial charge in [0.1, 0.15) is 12.4 Å². The summed E-state index contributed by atoms with van der Waals surface area (Å²) in [5.74, 6) is -0.154. The number of carbonyl (C=O) groups is 1. The number of thiophene rings is 1. The van der Waals surface area contributed by atoms with Gasteiger partial charge in [0.2, 0.25) is 10.0 Å². The van der Waals surface area contributed by atoms with Gasteiger partial charge in [0, 0.05) is 22.5 Å². The van der Waals surface area contributed by atoms with Crippen LogP contribution in [0.15, 0.2) is 72.8 Å². The predicted octanol–water partition coefficient (Wildman–Crippen LogP) is 4.83. The molecule has 10 heteroatoms. The smallest absolute Gasteiger partial charge is 0.303 e. The van der Waals surface area contributed by atoms with E-state index < -0.39 is 16.0 Å². The second-order valence-electron chi connectivity index (χ2n) is 8.78. The number of para-hydroxylation sites is 2. The van der Waals surface area contributed by atoms with E-state index in [1.165, 1.54) is 0 Å². The molecular formula is C28H30N2O6S2. The fourth-order valence-electron chi connectivity index (χ4n) is 4.31. The number of anilines is 2. The molecule has 0 atom stereocenters. The molecule has 0 saturated carbocycles. The van der Waals surface area contributed by atoms with Gasteiger partial charge in [-0.1, -0.05) is 42.5 Å². The van der Waals surface area contributed by atoms with Gasteiger partial charge in [-0.15, -0.1) is 11.3 Å². The van der Waals surface area contributed by atoms with Gasteiger partial charge in [-0.3, -0.25) is 9.52 Å². The number of hydrogen-bond donors (Lipinski definition) is 3. The fourth-order valence-corrected chi connectivity index (χ4v) is 6.16. The monoisotopic (exact) mass is 554 g/mol. The third-order valence-electron chi connectivity index (χ3n) is 5.93. The van der Waals surface area contributed by atoms with Crippen LogP contribution in [0.2, 0.25) is 0 Å². The van der Waals surface area contributed by atoms with E-state index in [9.17, 15) is 23.4 Å². The molecule has 0 saturated heterocycles. The second kappa shape index (κ2) is 12.3. The molecule has 0 radical (unpaired) electrons. The summed E-state index contributed by atoms with van der Waals surface area (Å²) < 4.78 is 33.2. The van der Waals surface area contributed by atoms with Gasteiger partial charge in [-0.2, -0.15) is 0 Å². The molecule has 0 fully saturated rings. The molecule has 0 bridgehead atoms. The Kier molecular flexibility index (Phi) is 8.88. The molecule has 0 amide bonds. The number of aliphatic hydroxyl groups is 1. The summed E-state index contributed by atoms with van der Waals surface area (Å²) in [6.45, 7) is 0.936. The van der Waals surface area contributed by atoms with Crippen LogP contribution < -0.4 is 14.4 Å². The quantitative estimate of drug-likeness (QED) is 0.217. The number of fused-ring (bicyclic) bond motifs is 1. The SMILES string of the molecule is CS(=O)(=O)Nc1ccccc1N(CCO)CCOc1ccc2c(CCC(=O)O)c(-c3ccccc3)sc2c1. The molecule has 4 aromatic rings. The number of ether oxygens (including phenoxy) is 1. The number of aryl methyl sites for hydroxylation is 1. The number of aliphatic hydroxyl groups excluding tert-OH is 1.